The maximum Gasteiger partial charge on any atom is 0.125 e. The minimum absolute atomic E-state index is 0.351. The van der Waals surface area contributed by atoms with E-state index < -0.39 is 0 Å². The van der Waals surface area contributed by atoms with Crippen molar-refractivity contribution in [2.75, 3.05) is 13.3 Å². The van der Waals surface area contributed by atoms with E-state index in [2.05, 4.69) is 0 Å². The normalized spacial score (nSPS) is 10.2. The SMILES string of the molecule is NCc1ccc(Cl)cc1OCCCF. The van der Waals surface area contributed by atoms with E-state index in [1.165, 1.54) is 0 Å². The van der Waals surface area contributed by atoms with Gasteiger partial charge in [-0.25, -0.2) is 0 Å². The van der Waals surface area contributed by atoms with Crippen LogP contribution in [0, 0.1) is 0 Å². The summed E-state index contributed by atoms with van der Waals surface area (Å²) in [5.74, 6) is 0.647. The fourth-order valence-electron chi connectivity index (χ4n) is 1.07. The molecule has 0 spiro atoms. The molecule has 0 aliphatic carbocycles. The van der Waals surface area contributed by atoms with Crippen molar-refractivity contribution < 1.29 is 9.13 Å². The van der Waals surface area contributed by atoms with E-state index in [4.69, 9.17) is 22.1 Å². The summed E-state index contributed by atoms with van der Waals surface area (Å²) in [5, 5.41) is 0.595. The Hall–Kier alpha value is -0.800. The van der Waals surface area contributed by atoms with Crippen molar-refractivity contribution in [3.8, 4) is 5.75 Å². The first kappa shape index (κ1) is 11.3. The lowest BCUT2D eigenvalue weighted by Gasteiger charge is -2.09. The molecule has 14 heavy (non-hydrogen) atoms. The van der Waals surface area contributed by atoms with Gasteiger partial charge in [-0.15, -0.1) is 0 Å². The molecule has 2 N–H and O–H groups in total. The van der Waals surface area contributed by atoms with E-state index in [0.717, 1.165) is 5.56 Å². The summed E-state index contributed by atoms with van der Waals surface area (Å²) in [4.78, 5) is 0. The van der Waals surface area contributed by atoms with Crippen LogP contribution in [0.1, 0.15) is 12.0 Å². The average molecular weight is 218 g/mol. The Morgan fingerprint density at radius 2 is 2.21 bits per heavy atom. The molecular weight excluding hydrogens is 205 g/mol. The lowest BCUT2D eigenvalue weighted by atomic mass is 10.2. The molecule has 4 heteroatoms. The summed E-state index contributed by atoms with van der Waals surface area (Å²) in [7, 11) is 0. The minimum Gasteiger partial charge on any atom is -0.493 e. The third kappa shape index (κ3) is 3.16. The zero-order valence-electron chi connectivity index (χ0n) is 7.80. The van der Waals surface area contributed by atoms with Crippen LogP contribution in [0.3, 0.4) is 0 Å². The van der Waals surface area contributed by atoms with Crippen LogP contribution in [0.25, 0.3) is 0 Å². The maximum absolute atomic E-state index is 11.8. The lowest BCUT2D eigenvalue weighted by molar-refractivity contribution is 0.287. The third-order valence-electron chi connectivity index (χ3n) is 1.78. The summed E-state index contributed by atoms with van der Waals surface area (Å²) in [6.07, 6.45) is 0.385. The Morgan fingerprint density at radius 1 is 1.43 bits per heavy atom. The average Bonchev–Trinajstić information content (AvgIpc) is 2.19. The standard InChI is InChI=1S/C10H13ClFNO/c11-9-3-2-8(7-13)10(6-9)14-5-1-4-12/h2-3,6H,1,4-5,7,13H2. The van der Waals surface area contributed by atoms with E-state index in [0.29, 0.717) is 30.3 Å². The van der Waals surface area contributed by atoms with Crippen molar-refractivity contribution in [1.82, 2.24) is 0 Å². The largest absolute Gasteiger partial charge is 0.493 e. The molecule has 2 nitrogen and oxygen atoms in total. The van der Waals surface area contributed by atoms with E-state index >= 15 is 0 Å². The lowest BCUT2D eigenvalue weighted by Crippen LogP contribution is -2.04. The van der Waals surface area contributed by atoms with Crippen LogP contribution in [0.5, 0.6) is 5.75 Å². The molecule has 0 saturated carbocycles. The van der Waals surface area contributed by atoms with Crippen LogP contribution < -0.4 is 10.5 Å². The van der Waals surface area contributed by atoms with E-state index in [1.807, 2.05) is 6.07 Å². The van der Waals surface area contributed by atoms with Gasteiger partial charge < -0.3 is 10.5 Å². The zero-order valence-corrected chi connectivity index (χ0v) is 8.56. The number of nitrogens with two attached hydrogens (primary N) is 1. The van der Waals surface area contributed by atoms with Gasteiger partial charge in [0.2, 0.25) is 0 Å². The predicted molar refractivity (Wildman–Crippen MR) is 55.4 cm³/mol. The van der Waals surface area contributed by atoms with Gasteiger partial charge in [-0.05, 0) is 12.1 Å². The first-order chi connectivity index (χ1) is 6.77. The molecule has 0 amide bonds. The summed E-state index contributed by atoms with van der Waals surface area (Å²) < 4.78 is 17.2. The second kappa shape index (κ2) is 5.83. The Balaban J connectivity index is 2.67. The first-order valence-electron chi connectivity index (χ1n) is 4.45. The van der Waals surface area contributed by atoms with Crippen LogP contribution in [0.2, 0.25) is 5.02 Å². The maximum atomic E-state index is 11.8. The molecular formula is C10H13ClFNO. The summed E-state index contributed by atoms with van der Waals surface area (Å²) in [6.45, 7) is 0.366. The number of alkyl halides is 1. The van der Waals surface area contributed by atoms with Crippen molar-refractivity contribution in [2.24, 2.45) is 5.73 Å². The van der Waals surface area contributed by atoms with Crippen LogP contribution in [-0.4, -0.2) is 13.3 Å². The Morgan fingerprint density at radius 3 is 2.86 bits per heavy atom. The smallest absolute Gasteiger partial charge is 0.125 e. The van der Waals surface area contributed by atoms with E-state index in [1.54, 1.807) is 12.1 Å². The summed E-state index contributed by atoms with van der Waals surface area (Å²) in [5.41, 5.74) is 6.39. The highest BCUT2D eigenvalue weighted by molar-refractivity contribution is 6.30. The number of rotatable bonds is 5. The van der Waals surface area contributed by atoms with Gasteiger partial charge in [0.1, 0.15) is 5.75 Å². The molecule has 1 aromatic rings. The molecule has 0 atom stereocenters. The van der Waals surface area contributed by atoms with Crippen molar-refractivity contribution in [2.45, 2.75) is 13.0 Å². The molecule has 0 saturated heterocycles. The molecule has 0 fully saturated rings. The van der Waals surface area contributed by atoms with Crippen LogP contribution in [0.15, 0.2) is 18.2 Å². The first-order valence-corrected chi connectivity index (χ1v) is 4.83. The predicted octanol–water partition coefficient (Wildman–Crippen LogP) is 2.54. The van der Waals surface area contributed by atoms with Gasteiger partial charge in [-0.1, -0.05) is 17.7 Å². The molecule has 0 aliphatic rings. The molecule has 0 bridgehead atoms. The fraction of sp³-hybridized carbons (Fsp3) is 0.400. The molecule has 0 aliphatic heterocycles. The Bertz CT molecular complexity index is 293. The van der Waals surface area contributed by atoms with Gasteiger partial charge in [-0.2, -0.15) is 0 Å². The van der Waals surface area contributed by atoms with Gasteiger partial charge >= 0.3 is 0 Å². The second-order valence-electron chi connectivity index (χ2n) is 2.85. The van der Waals surface area contributed by atoms with Crippen molar-refractivity contribution in [3.63, 3.8) is 0 Å². The number of halogens is 2. The molecule has 1 rings (SSSR count). The number of hydrogen-bond donors (Lipinski definition) is 1. The topological polar surface area (TPSA) is 35.2 Å². The van der Waals surface area contributed by atoms with E-state index in [9.17, 15) is 4.39 Å². The number of hydrogen-bond acceptors (Lipinski definition) is 2. The fourth-order valence-corrected chi connectivity index (χ4v) is 1.23. The molecule has 0 aromatic heterocycles. The minimum atomic E-state index is -0.376. The quantitative estimate of drug-likeness (QED) is 0.770. The van der Waals surface area contributed by atoms with Crippen molar-refractivity contribution in [1.29, 1.82) is 0 Å². The zero-order chi connectivity index (χ0) is 10.4. The molecule has 1 aromatic carbocycles. The van der Waals surface area contributed by atoms with Gasteiger partial charge in [-0.3, -0.25) is 4.39 Å². The van der Waals surface area contributed by atoms with Crippen LogP contribution >= 0.6 is 11.6 Å². The van der Waals surface area contributed by atoms with E-state index in [-0.39, 0.29) is 6.67 Å². The highest BCUT2D eigenvalue weighted by Gasteiger charge is 2.02. The van der Waals surface area contributed by atoms with Gasteiger partial charge in [0.05, 0.1) is 13.3 Å². The van der Waals surface area contributed by atoms with Crippen molar-refractivity contribution in [3.05, 3.63) is 28.8 Å². The van der Waals surface area contributed by atoms with Crippen molar-refractivity contribution >= 4 is 11.6 Å². The highest BCUT2D eigenvalue weighted by Crippen LogP contribution is 2.23. The molecule has 0 unspecified atom stereocenters. The number of ether oxygens (including phenoxy) is 1. The van der Waals surface area contributed by atoms with Gasteiger partial charge in [0.25, 0.3) is 0 Å². The monoisotopic (exact) mass is 217 g/mol. The van der Waals surface area contributed by atoms with Crippen LogP contribution in [0.4, 0.5) is 4.39 Å². The Labute approximate surface area is 87.8 Å². The third-order valence-corrected chi connectivity index (χ3v) is 2.02. The highest BCUT2D eigenvalue weighted by atomic mass is 35.5. The van der Waals surface area contributed by atoms with Gasteiger partial charge in [0.15, 0.2) is 0 Å². The number of benzene rings is 1. The second-order valence-corrected chi connectivity index (χ2v) is 3.28. The van der Waals surface area contributed by atoms with Crippen LogP contribution in [-0.2, 0) is 6.54 Å². The summed E-state index contributed by atoms with van der Waals surface area (Å²) >= 11 is 5.79. The Kier molecular flexibility index (Phi) is 4.70. The molecule has 78 valence electrons. The summed E-state index contributed by atoms with van der Waals surface area (Å²) in [6, 6.07) is 5.26. The molecule has 0 radical (unpaired) electrons. The molecule has 0 heterocycles. The van der Waals surface area contributed by atoms with Gasteiger partial charge in [0, 0.05) is 23.6 Å².